The lowest BCUT2D eigenvalue weighted by Crippen LogP contribution is -2.05. The summed E-state index contributed by atoms with van der Waals surface area (Å²) in [5.74, 6) is 0.798. The molecule has 0 aliphatic heterocycles. The summed E-state index contributed by atoms with van der Waals surface area (Å²) in [5, 5.41) is 3.86. The Labute approximate surface area is 108 Å². The molecule has 3 nitrogen and oxygen atoms in total. The summed E-state index contributed by atoms with van der Waals surface area (Å²) in [4.78, 5) is 4.23. The van der Waals surface area contributed by atoms with Crippen LogP contribution < -0.4 is 5.32 Å². The molecule has 1 heterocycles. The molecule has 2 aromatic rings. The minimum atomic E-state index is 0.687. The number of hydrogen-bond donors (Lipinski definition) is 1. The average Bonchev–Trinajstić information content (AvgIpc) is 2.67. The molecule has 0 aliphatic rings. The molecular formula is C11H11BrClN3. The van der Waals surface area contributed by atoms with E-state index in [4.69, 9.17) is 11.6 Å². The van der Waals surface area contributed by atoms with Gasteiger partial charge in [-0.3, -0.25) is 4.57 Å². The minimum absolute atomic E-state index is 0.687. The van der Waals surface area contributed by atoms with Crippen LogP contribution in [0.2, 0.25) is 5.02 Å². The van der Waals surface area contributed by atoms with Crippen molar-refractivity contribution < 1.29 is 0 Å². The SMILES string of the molecule is CCNc1nccn1-c1ccc(Br)cc1Cl. The molecule has 0 saturated heterocycles. The van der Waals surface area contributed by atoms with E-state index in [0.717, 1.165) is 22.7 Å². The first-order chi connectivity index (χ1) is 7.72. The van der Waals surface area contributed by atoms with Gasteiger partial charge in [0.05, 0.1) is 10.7 Å². The summed E-state index contributed by atoms with van der Waals surface area (Å²) in [6.45, 7) is 2.85. The van der Waals surface area contributed by atoms with Gasteiger partial charge in [0.25, 0.3) is 0 Å². The number of rotatable bonds is 3. The van der Waals surface area contributed by atoms with Crippen molar-refractivity contribution in [3.63, 3.8) is 0 Å². The third kappa shape index (κ3) is 2.23. The van der Waals surface area contributed by atoms with Gasteiger partial charge < -0.3 is 5.32 Å². The highest BCUT2D eigenvalue weighted by Gasteiger charge is 2.07. The maximum atomic E-state index is 6.19. The fourth-order valence-electron chi connectivity index (χ4n) is 1.46. The first kappa shape index (κ1) is 11.5. The number of benzene rings is 1. The number of hydrogen-bond acceptors (Lipinski definition) is 2. The number of halogens is 2. The summed E-state index contributed by atoms with van der Waals surface area (Å²) >= 11 is 9.57. The van der Waals surface area contributed by atoms with Crippen molar-refractivity contribution in [2.45, 2.75) is 6.92 Å². The number of anilines is 1. The van der Waals surface area contributed by atoms with E-state index < -0.39 is 0 Å². The number of nitrogens with one attached hydrogen (secondary N) is 1. The predicted molar refractivity (Wildman–Crippen MR) is 70.4 cm³/mol. The van der Waals surface area contributed by atoms with Gasteiger partial charge in [0.2, 0.25) is 5.95 Å². The van der Waals surface area contributed by atoms with Crippen LogP contribution >= 0.6 is 27.5 Å². The van der Waals surface area contributed by atoms with Crippen LogP contribution in [-0.2, 0) is 0 Å². The maximum Gasteiger partial charge on any atom is 0.207 e. The summed E-state index contributed by atoms with van der Waals surface area (Å²) in [6.07, 6.45) is 3.63. The average molecular weight is 301 g/mol. The second-order valence-corrected chi connectivity index (χ2v) is 4.57. The summed E-state index contributed by atoms with van der Waals surface area (Å²) < 4.78 is 2.89. The van der Waals surface area contributed by atoms with Gasteiger partial charge in [0.15, 0.2) is 0 Å². The first-order valence-electron chi connectivity index (χ1n) is 4.95. The first-order valence-corrected chi connectivity index (χ1v) is 6.12. The Morgan fingerprint density at radius 1 is 1.50 bits per heavy atom. The number of nitrogens with zero attached hydrogens (tertiary/aromatic N) is 2. The standard InChI is InChI=1S/C11H11BrClN3/c1-2-14-11-15-5-6-16(11)10-4-3-8(12)7-9(10)13/h3-7H,2H2,1H3,(H,14,15). The highest BCUT2D eigenvalue weighted by Crippen LogP contribution is 2.26. The molecule has 1 N–H and O–H groups in total. The highest BCUT2D eigenvalue weighted by molar-refractivity contribution is 9.10. The zero-order chi connectivity index (χ0) is 11.5. The fourth-order valence-corrected chi connectivity index (χ4v) is 2.23. The third-order valence-corrected chi connectivity index (χ3v) is 2.94. The molecule has 2 rings (SSSR count). The van der Waals surface area contributed by atoms with Crippen molar-refractivity contribution in [2.75, 3.05) is 11.9 Å². The lowest BCUT2D eigenvalue weighted by Gasteiger charge is -2.10. The molecule has 0 unspecified atom stereocenters. The Balaban J connectivity index is 2.46. The molecule has 1 aromatic carbocycles. The van der Waals surface area contributed by atoms with Gasteiger partial charge in [-0.15, -0.1) is 0 Å². The molecule has 0 saturated carbocycles. The molecule has 0 amide bonds. The highest BCUT2D eigenvalue weighted by atomic mass is 79.9. The second-order valence-electron chi connectivity index (χ2n) is 3.25. The Bertz CT molecular complexity index is 496. The van der Waals surface area contributed by atoms with Crippen molar-refractivity contribution >= 4 is 33.5 Å². The van der Waals surface area contributed by atoms with Gasteiger partial charge >= 0.3 is 0 Å². The molecule has 84 valence electrons. The quantitative estimate of drug-likeness (QED) is 0.936. The molecule has 0 fully saturated rings. The zero-order valence-electron chi connectivity index (χ0n) is 8.74. The molecule has 0 atom stereocenters. The van der Waals surface area contributed by atoms with Crippen molar-refractivity contribution in [2.24, 2.45) is 0 Å². The van der Waals surface area contributed by atoms with Gasteiger partial charge in [0.1, 0.15) is 0 Å². The van der Waals surface area contributed by atoms with Gasteiger partial charge in [-0.05, 0) is 25.1 Å². The van der Waals surface area contributed by atoms with Crippen LogP contribution in [0.3, 0.4) is 0 Å². The maximum absolute atomic E-state index is 6.19. The van der Waals surface area contributed by atoms with Crippen LogP contribution in [0.15, 0.2) is 35.1 Å². The van der Waals surface area contributed by atoms with Crippen LogP contribution in [-0.4, -0.2) is 16.1 Å². The van der Waals surface area contributed by atoms with Crippen molar-refractivity contribution in [1.82, 2.24) is 9.55 Å². The second kappa shape index (κ2) is 4.89. The van der Waals surface area contributed by atoms with E-state index in [2.05, 4.69) is 26.2 Å². The predicted octanol–water partition coefficient (Wildman–Crippen LogP) is 3.72. The van der Waals surface area contributed by atoms with E-state index >= 15 is 0 Å². The molecule has 16 heavy (non-hydrogen) atoms. The van der Waals surface area contributed by atoms with Gasteiger partial charge in [-0.2, -0.15) is 0 Å². The number of aromatic nitrogens is 2. The lowest BCUT2D eigenvalue weighted by atomic mass is 10.3. The van der Waals surface area contributed by atoms with E-state index in [9.17, 15) is 0 Å². The van der Waals surface area contributed by atoms with E-state index in [1.165, 1.54) is 0 Å². The lowest BCUT2D eigenvalue weighted by molar-refractivity contribution is 1.02. The zero-order valence-corrected chi connectivity index (χ0v) is 11.1. The molecule has 1 aromatic heterocycles. The Morgan fingerprint density at radius 2 is 2.31 bits per heavy atom. The van der Waals surface area contributed by atoms with Crippen molar-refractivity contribution in [1.29, 1.82) is 0 Å². The molecule has 5 heteroatoms. The molecular weight excluding hydrogens is 289 g/mol. The topological polar surface area (TPSA) is 29.9 Å². The van der Waals surface area contributed by atoms with Gasteiger partial charge in [-0.25, -0.2) is 4.98 Å². The van der Waals surface area contributed by atoms with Crippen LogP contribution in [0.4, 0.5) is 5.95 Å². The van der Waals surface area contributed by atoms with Crippen molar-refractivity contribution in [3.8, 4) is 5.69 Å². The Kier molecular flexibility index (Phi) is 3.51. The van der Waals surface area contributed by atoms with Gasteiger partial charge in [-0.1, -0.05) is 27.5 Å². The summed E-state index contributed by atoms with van der Waals surface area (Å²) in [5.41, 5.74) is 0.915. The van der Waals surface area contributed by atoms with Crippen LogP contribution in [0.25, 0.3) is 5.69 Å². The van der Waals surface area contributed by atoms with E-state index in [-0.39, 0.29) is 0 Å². The third-order valence-electron chi connectivity index (χ3n) is 2.14. The molecule has 0 radical (unpaired) electrons. The van der Waals surface area contributed by atoms with Crippen molar-refractivity contribution in [3.05, 3.63) is 40.1 Å². The van der Waals surface area contributed by atoms with Gasteiger partial charge in [0, 0.05) is 23.4 Å². The minimum Gasteiger partial charge on any atom is -0.356 e. The van der Waals surface area contributed by atoms with E-state index in [1.54, 1.807) is 6.20 Å². The summed E-state index contributed by atoms with van der Waals surface area (Å²) in [6, 6.07) is 5.78. The van der Waals surface area contributed by atoms with E-state index in [0.29, 0.717) is 5.02 Å². The Hall–Kier alpha value is -1.000. The monoisotopic (exact) mass is 299 g/mol. The van der Waals surface area contributed by atoms with Crippen LogP contribution in [0.1, 0.15) is 6.92 Å². The van der Waals surface area contributed by atoms with Crippen LogP contribution in [0.5, 0.6) is 0 Å². The largest absolute Gasteiger partial charge is 0.356 e. The van der Waals surface area contributed by atoms with Crippen LogP contribution in [0, 0.1) is 0 Å². The smallest absolute Gasteiger partial charge is 0.207 e. The Morgan fingerprint density at radius 3 is 3.00 bits per heavy atom. The summed E-state index contributed by atoms with van der Waals surface area (Å²) in [7, 11) is 0. The normalized spacial score (nSPS) is 10.4. The fraction of sp³-hybridized carbons (Fsp3) is 0.182. The molecule has 0 spiro atoms. The number of imidazole rings is 1. The molecule has 0 aliphatic carbocycles. The van der Waals surface area contributed by atoms with E-state index in [1.807, 2.05) is 35.9 Å². The molecule has 0 bridgehead atoms.